The van der Waals surface area contributed by atoms with Gasteiger partial charge in [-0.2, -0.15) is 0 Å². The molecule has 2 heterocycles. The molecule has 0 saturated carbocycles. The third-order valence-corrected chi connectivity index (χ3v) is 8.56. The normalized spacial score (nSPS) is 12.0. The van der Waals surface area contributed by atoms with Crippen molar-refractivity contribution in [1.29, 1.82) is 0 Å². The first-order valence-corrected chi connectivity index (χ1v) is 15.1. The lowest BCUT2D eigenvalue weighted by molar-refractivity contribution is 0.0923. The third kappa shape index (κ3) is 6.20. The van der Waals surface area contributed by atoms with Crippen molar-refractivity contribution in [2.45, 2.75) is 47.1 Å². The highest BCUT2D eigenvalue weighted by atomic mass is 32.2. The first-order chi connectivity index (χ1) is 18.6. The number of hydrogen-bond donors (Lipinski definition) is 2. The first kappa shape index (κ1) is 29.3. The molecule has 2 N–H and O–H groups in total. The van der Waals surface area contributed by atoms with Crippen LogP contribution in [0, 0.1) is 19.7 Å². The summed E-state index contributed by atoms with van der Waals surface area (Å²) in [5.41, 5.74) is 1.78. The largest absolute Gasteiger partial charge is 0.456 e. The Morgan fingerprint density at radius 2 is 1.73 bits per heavy atom. The highest BCUT2D eigenvalue weighted by molar-refractivity contribution is 7.92. The molecule has 8 nitrogen and oxygen atoms in total. The maximum absolute atomic E-state index is 14.0. The van der Waals surface area contributed by atoms with E-state index in [1.54, 1.807) is 51.4 Å². The molecular formula is C29H32FN3O5S2. The summed E-state index contributed by atoms with van der Waals surface area (Å²) in [7, 11) is -1.97. The Hall–Kier alpha value is -3.70. The van der Waals surface area contributed by atoms with Crippen LogP contribution in [0.2, 0.25) is 0 Å². The molecule has 0 spiro atoms. The second-order valence-corrected chi connectivity index (χ2v) is 13.8. The summed E-state index contributed by atoms with van der Waals surface area (Å²) in [5.74, 6) is 0.0199. The van der Waals surface area contributed by atoms with Gasteiger partial charge in [-0.15, -0.1) is 11.3 Å². The molecule has 0 aliphatic carbocycles. The number of nitrogens with zero attached hydrogens (tertiary/aromatic N) is 1. The number of rotatable bonds is 7. The lowest BCUT2D eigenvalue weighted by atomic mass is 10.0. The fraction of sp³-hybridized carbons (Fsp3) is 0.310. The number of benzene rings is 2. The Labute approximate surface area is 236 Å². The minimum absolute atomic E-state index is 0.116. The average Bonchev–Trinajstić information content (AvgIpc) is 3.29. The quantitative estimate of drug-likeness (QED) is 0.272. The number of amides is 1. The van der Waals surface area contributed by atoms with Crippen LogP contribution < -0.4 is 20.3 Å². The average molecular weight is 586 g/mol. The van der Waals surface area contributed by atoms with Crippen molar-refractivity contribution >= 4 is 43.0 Å². The molecule has 0 atom stereocenters. The van der Waals surface area contributed by atoms with Crippen molar-refractivity contribution in [1.82, 2.24) is 9.88 Å². The van der Waals surface area contributed by atoms with Crippen molar-refractivity contribution in [3.63, 3.8) is 0 Å². The molecule has 0 fully saturated rings. The molecule has 0 radical (unpaired) electrons. The number of ether oxygens (including phenoxy) is 1. The summed E-state index contributed by atoms with van der Waals surface area (Å²) < 4.78 is 49.4. The number of nitrogens with one attached hydrogen (secondary N) is 2. The van der Waals surface area contributed by atoms with Crippen molar-refractivity contribution in [2.75, 3.05) is 10.5 Å². The second-order valence-electron chi connectivity index (χ2n) is 10.7. The minimum atomic E-state index is -3.58. The zero-order valence-corrected chi connectivity index (χ0v) is 25.1. The maximum Gasteiger partial charge on any atom is 0.268 e. The van der Waals surface area contributed by atoms with Crippen LogP contribution in [0.3, 0.4) is 0 Å². The van der Waals surface area contributed by atoms with E-state index in [1.165, 1.54) is 23.6 Å². The minimum Gasteiger partial charge on any atom is -0.456 e. The van der Waals surface area contributed by atoms with Gasteiger partial charge in [-0.25, -0.2) is 12.8 Å². The standard InChI is InChI=1S/C29H32FN3O5S2/c1-8-40(36,37)32-19-9-10-23(38-25-16(2)11-18(30)12-17(25)3)20(13-19)22-15-33(7)28(35)26-21(22)14-24(39-26)27(34)31-29(4,5)6/h9-15,32H,8H2,1-7H3,(H,31,34). The highest BCUT2D eigenvalue weighted by Gasteiger charge is 2.23. The van der Waals surface area contributed by atoms with E-state index in [0.29, 0.717) is 54.4 Å². The number of pyridine rings is 1. The van der Waals surface area contributed by atoms with Crippen LogP contribution in [0.4, 0.5) is 10.1 Å². The summed E-state index contributed by atoms with van der Waals surface area (Å²) in [5, 5.41) is 3.45. The number of hydrogen-bond acceptors (Lipinski definition) is 6. The van der Waals surface area contributed by atoms with E-state index in [0.717, 1.165) is 11.3 Å². The van der Waals surface area contributed by atoms with Gasteiger partial charge in [-0.1, -0.05) is 0 Å². The van der Waals surface area contributed by atoms with Gasteiger partial charge in [0.1, 0.15) is 22.0 Å². The van der Waals surface area contributed by atoms with E-state index in [2.05, 4.69) is 10.0 Å². The number of halogens is 1. The summed E-state index contributed by atoms with van der Waals surface area (Å²) in [6.45, 7) is 10.6. The number of carbonyl (C=O) groups is 1. The molecule has 0 aliphatic rings. The van der Waals surface area contributed by atoms with Gasteiger partial charge in [-0.05, 0) is 89.1 Å². The van der Waals surface area contributed by atoms with Crippen molar-refractivity contribution in [3.05, 3.63) is 74.8 Å². The molecule has 1 amide bonds. The van der Waals surface area contributed by atoms with E-state index in [-0.39, 0.29) is 23.0 Å². The molecule has 0 aliphatic heterocycles. The van der Waals surface area contributed by atoms with E-state index in [1.807, 2.05) is 20.8 Å². The molecule has 40 heavy (non-hydrogen) atoms. The van der Waals surface area contributed by atoms with Crippen LogP contribution in [0.5, 0.6) is 11.5 Å². The summed E-state index contributed by atoms with van der Waals surface area (Å²) >= 11 is 1.09. The molecule has 212 valence electrons. The molecular weight excluding hydrogens is 553 g/mol. The predicted octanol–water partition coefficient (Wildman–Crippen LogP) is 6.11. The van der Waals surface area contributed by atoms with Crippen LogP contribution in [0.1, 0.15) is 48.5 Å². The predicted molar refractivity (Wildman–Crippen MR) is 159 cm³/mol. The number of aryl methyl sites for hydroxylation is 3. The SMILES string of the molecule is CCS(=O)(=O)Nc1ccc(Oc2c(C)cc(F)cc2C)c(-c2cn(C)c(=O)c3sc(C(=O)NC(C)(C)C)cc23)c1. The van der Waals surface area contributed by atoms with Crippen LogP contribution in [0.15, 0.2) is 47.4 Å². The molecule has 0 saturated heterocycles. The maximum atomic E-state index is 14.0. The summed E-state index contributed by atoms with van der Waals surface area (Å²) in [6.07, 6.45) is 1.63. The van der Waals surface area contributed by atoms with E-state index < -0.39 is 15.6 Å². The molecule has 0 unspecified atom stereocenters. The Balaban J connectivity index is 1.97. The number of anilines is 1. The van der Waals surface area contributed by atoms with Crippen LogP contribution in [0.25, 0.3) is 21.2 Å². The lowest BCUT2D eigenvalue weighted by Gasteiger charge is -2.19. The summed E-state index contributed by atoms with van der Waals surface area (Å²) in [4.78, 5) is 26.5. The summed E-state index contributed by atoms with van der Waals surface area (Å²) in [6, 6.07) is 9.24. The Bertz CT molecular complexity index is 1780. The van der Waals surface area contributed by atoms with Crippen molar-refractivity contribution in [2.24, 2.45) is 7.05 Å². The Kier molecular flexibility index (Phi) is 7.83. The monoisotopic (exact) mass is 585 g/mol. The van der Waals surface area contributed by atoms with Gasteiger partial charge >= 0.3 is 0 Å². The van der Waals surface area contributed by atoms with Gasteiger partial charge in [0, 0.05) is 41.0 Å². The smallest absolute Gasteiger partial charge is 0.268 e. The van der Waals surface area contributed by atoms with Crippen LogP contribution in [-0.4, -0.2) is 30.2 Å². The highest BCUT2D eigenvalue weighted by Crippen LogP contribution is 2.41. The van der Waals surface area contributed by atoms with E-state index in [4.69, 9.17) is 4.74 Å². The number of carbonyl (C=O) groups excluding carboxylic acids is 1. The Morgan fingerprint density at radius 1 is 1.07 bits per heavy atom. The van der Waals surface area contributed by atoms with E-state index >= 15 is 0 Å². The number of thiophene rings is 1. The molecule has 4 aromatic rings. The van der Waals surface area contributed by atoms with E-state index in [9.17, 15) is 22.4 Å². The Morgan fingerprint density at radius 3 is 2.33 bits per heavy atom. The number of sulfonamides is 1. The zero-order valence-electron chi connectivity index (χ0n) is 23.4. The lowest BCUT2D eigenvalue weighted by Crippen LogP contribution is -2.40. The zero-order chi connectivity index (χ0) is 29.6. The van der Waals surface area contributed by atoms with Crippen LogP contribution in [-0.2, 0) is 17.1 Å². The van der Waals surface area contributed by atoms with Gasteiger partial charge in [0.15, 0.2) is 0 Å². The van der Waals surface area contributed by atoms with Gasteiger partial charge in [0.2, 0.25) is 10.0 Å². The fourth-order valence-electron chi connectivity index (χ4n) is 4.27. The second kappa shape index (κ2) is 10.7. The topological polar surface area (TPSA) is 106 Å². The first-order valence-electron chi connectivity index (χ1n) is 12.6. The van der Waals surface area contributed by atoms with Gasteiger partial charge < -0.3 is 14.6 Å². The number of aromatic nitrogens is 1. The van der Waals surface area contributed by atoms with Crippen molar-refractivity contribution in [3.8, 4) is 22.6 Å². The molecule has 4 rings (SSSR count). The van der Waals surface area contributed by atoms with Crippen LogP contribution >= 0.6 is 11.3 Å². The molecule has 2 aromatic carbocycles. The van der Waals surface area contributed by atoms with Gasteiger partial charge in [0.25, 0.3) is 11.5 Å². The van der Waals surface area contributed by atoms with Gasteiger partial charge in [0.05, 0.1) is 10.6 Å². The third-order valence-electron chi connectivity index (χ3n) is 6.13. The molecule has 11 heteroatoms. The number of fused-ring (bicyclic) bond motifs is 1. The molecule has 0 bridgehead atoms. The van der Waals surface area contributed by atoms with Gasteiger partial charge in [-0.3, -0.25) is 14.3 Å². The van der Waals surface area contributed by atoms with Crippen molar-refractivity contribution < 1.29 is 22.3 Å². The fourth-order valence-corrected chi connectivity index (χ4v) is 5.95. The molecule has 2 aromatic heterocycles.